The smallest absolute Gasteiger partial charge is 0.306 e. The van der Waals surface area contributed by atoms with Gasteiger partial charge in [0.25, 0.3) is 0 Å². The quantitative estimate of drug-likeness (QED) is 0.0261. The molecule has 0 aromatic carbocycles. The van der Waals surface area contributed by atoms with Crippen molar-refractivity contribution in [1.29, 1.82) is 0 Å². The molecule has 458 valence electrons. The summed E-state index contributed by atoms with van der Waals surface area (Å²) < 4.78 is 16.9. The Labute approximate surface area is 491 Å². The van der Waals surface area contributed by atoms with E-state index < -0.39 is 6.10 Å². The molecule has 0 radical (unpaired) electrons. The van der Waals surface area contributed by atoms with Crippen LogP contribution in [-0.4, -0.2) is 37.2 Å². The van der Waals surface area contributed by atoms with Crippen LogP contribution >= 0.6 is 0 Å². The van der Waals surface area contributed by atoms with Crippen molar-refractivity contribution in [2.24, 2.45) is 0 Å². The monoisotopic (exact) mass is 1100 g/mol. The first-order valence-corrected chi connectivity index (χ1v) is 34.4. The molecular formula is C73H130O6. The van der Waals surface area contributed by atoms with Crippen LogP contribution in [0, 0.1) is 0 Å². The van der Waals surface area contributed by atoms with E-state index in [0.29, 0.717) is 19.3 Å². The van der Waals surface area contributed by atoms with Gasteiger partial charge in [0.05, 0.1) is 0 Å². The minimum Gasteiger partial charge on any atom is -0.462 e. The van der Waals surface area contributed by atoms with Crippen LogP contribution in [0.4, 0.5) is 0 Å². The summed E-state index contributed by atoms with van der Waals surface area (Å²) in [5, 5.41) is 0. The normalized spacial score (nSPS) is 12.5. The standard InChI is InChI=1S/C73H130O6/c1-4-7-10-13-16-19-22-25-27-28-29-30-31-32-33-34-35-36-37-38-39-40-41-42-43-44-46-48-51-54-57-60-63-66-72(75)78-69-70(68-77-71(74)65-62-59-56-53-50-47-24-21-18-15-12-9-6-3)79-73(76)67-64-61-58-55-52-49-45-26-23-20-17-14-11-8-5-2/h8,11-12,15,17,20-21,24,26,28-29,45,70H,4-7,9-10,13-14,16,18-19,22-23,25,27,30-44,46-69H2,1-3H3/b11-8-,15-12-,20-17-,24-21-,29-28-,45-26-. The van der Waals surface area contributed by atoms with Gasteiger partial charge in [-0.25, -0.2) is 0 Å². The van der Waals surface area contributed by atoms with Crippen molar-refractivity contribution in [1.82, 2.24) is 0 Å². The molecule has 0 aromatic heterocycles. The van der Waals surface area contributed by atoms with Crippen LogP contribution in [0.3, 0.4) is 0 Å². The van der Waals surface area contributed by atoms with E-state index in [0.717, 1.165) is 128 Å². The predicted octanol–water partition coefficient (Wildman–Crippen LogP) is 23.7. The number of hydrogen-bond donors (Lipinski definition) is 0. The van der Waals surface area contributed by atoms with Crippen molar-refractivity contribution >= 4 is 17.9 Å². The van der Waals surface area contributed by atoms with Gasteiger partial charge in [-0.15, -0.1) is 0 Å². The molecule has 0 aliphatic heterocycles. The summed E-state index contributed by atoms with van der Waals surface area (Å²) in [6, 6.07) is 0. The first-order valence-electron chi connectivity index (χ1n) is 34.4. The summed E-state index contributed by atoms with van der Waals surface area (Å²) in [4.78, 5) is 38.3. The zero-order chi connectivity index (χ0) is 57.1. The molecule has 0 bridgehead atoms. The van der Waals surface area contributed by atoms with Crippen molar-refractivity contribution < 1.29 is 28.6 Å². The van der Waals surface area contributed by atoms with E-state index in [1.807, 2.05) is 0 Å². The van der Waals surface area contributed by atoms with Crippen LogP contribution < -0.4 is 0 Å². The third kappa shape index (κ3) is 65.5. The van der Waals surface area contributed by atoms with Crippen LogP contribution in [0.1, 0.15) is 355 Å². The van der Waals surface area contributed by atoms with E-state index in [-0.39, 0.29) is 31.1 Å². The van der Waals surface area contributed by atoms with Gasteiger partial charge in [0.15, 0.2) is 6.10 Å². The highest BCUT2D eigenvalue weighted by Crippen LogP contribution is 2.18. The zero-order valence-corrected chi connectivity index (χ0v) is 52.6. The van der Waals surface area contributed by atoms with Gasteiger partial charge >= 0.3 is 17.9 Å². The second-order valence-electron chi connectivity index (χ2n) is 23.1. The molecule has 0 spiro atoms. The largest absolute Gasteiger partial charge is 0.462 e. The Morgan fingerprint density at radius 1 is 0.266 bits per heavy atom. The van der Waals surface area contributed by atoms with Crippen molar-refractivity contribution in [3.8, 4) is 0 Å². The van der Waals surface area contributed by atoms with Gasteiger partial charge in [0.1, 0.15) is 13.2 Å². The number of carbonyl (C=O) groups excluding carboxylic acids is 3. The second kappa shape index (κ2) is 67.4. The number of hydrogen-bond acceptors (Lipinski definition) is 6. The van der Waals surface area contributed by atoms with Gasteiger partial charge in [0, 0.05) is 19.3 Å². The van der Waals surface area contributed by atoms with Crippen molar-refractivity contribution in [3.05, 3.63) is 72.9 Å². The van der Waals surface area contributed by atoms with E-state index >= 15 is 0 Å². The van der Waals surface area contributed by atoms with Crippen LogP contribution in [0.2, 0.25) is 0 Å². The molecule has 0 rings (SSSR count). The Morgan fingerprint density at radius 3 is 0.835 bits per heavy atom. The molecule has 0 fully saturated rings. The lowest BCUT2D eigenvalue weighted by atomic mass is 10.0. The van der Waals surface area contributed by atoms with Crippen molar-refractivity contribution in [2.45, 2.75) is 361 Å². The fourth-order valence-corrected chi connectivity index (χ4v) is 10.0. The summed E-state index contributed by atoms with van der Waals surface area (Å²) in [5.74, 6) is -0.902. The molecule has 1 unspecified atom stereocenters. The van der Waals surface area contributed by atoms with E-state index in [1.165, 1.54) is 186 Å². The van der Waals surface area contributed by atoms with Crippen molar-refractivity contribution in [3.63, 3.8) is 0 Å². The average Bonchev–Trinajstić information content (AvgIpc) is 3.45. The third-order valence-corrected chi connectivity index (χ3v) is 15.1. The number of esters is 3. The molecule has 0 aromatic rings. The number of allylic oxidation sites excluding steroid dienone is 12. The number of rotatable bonds is 63. The summed E-state index contributed by atoms with van der Waals surface area (Å²) in [6.45, 7) is 6.48. The maximum absolute atomic E-state index is 12.9. The average molecular weight is 1100 g/mol. The van der Waals surface area contributed by atoms with Gasteiger partial charge in [-0.05, 0) is 103 Å². The molecule has 0 saturated carbocycles. The lowest BCUT2D eigenvalue weighted by Crippen LogP contribution is -2.30. The highest BCUT2D eigenvalue weighted by Gasteiger charge is 2.19. The molecule has 0 aliphatic rings. The molecule has 0 N–H and O–H groups in total. The topological polar surface area (TPSA) is 78.9 Å². The molecule has 1 atom stereocenters. The molecule has 79 heavy (non-hydrogen) atoms. The fraction of sp³-hybridized carbons (Fsp3) is 0.795. The van der Waals surface area contributed by atoms with Crippen LogP contribution in [0.25, 0.3) is 0 Å². The minimum atomic E-state index is -0.790. The third-order valence-electron chi connectivity index (χ3n) is 15.1. The van der Waals surface area contributed by atoms with E-state index in [4.69, 9.17) is 14.2 Å². The molecule has 6 nitrogen and oxygen atoms in total. The summed E-state index contributed by atoms with van der Waals surface area (Å²) >= 11 is 0. The van der Waals surface area contributed by atoms with Crippen molar-refractivity contribution in [2.75, 3.05) is 13.2 Å². The van der Waals surface area contributed by atoms with Crippen LogP contribution in [0.5, 0.6) is 0 Å². The number of carbonyl (C=O) groups is 3. The van der Waals surface area contributed by atoms with Gasteiger partial charge in [-0.3, -0.25) is 14.4 Å². The first kappa shape index (κ1) is 75.8. The maximum Gasteiger partial charge on any atom is 0.306 e. The summed E-state index contributed by atoms with van der Waals surface area (Å²) in [7, 11) is 0. The molecule has 6 heteroatoms. The number of ether oxygens (including phenoxy) is 3. The Kier molecular flexibility index (Phi) is 64.7. The molecule has 0 heterocycles. The maximum atomic E-state index is 12.9. The molecular weight excluding hydrogens is 973 g/mol. The van der Waals surface area contributed by atoms with Gasteiger partial charge in [-0.2, -0.15) is 0 Å². The molecule has 0 saturated heterocycles. The van der Waals surface area contributed by atoms with E-state index in [9.17, 15) is 14.4 Å². The van der Waals surface area contributed by atoms with Crippen LogP contribution in [0.15, 0.2) is 72.9 Å². The van der Waals surface area contributed by atoms with Crippen LogP contribution in [-0.2, 0) is 28.6 Å². The lowest BCUT2D eigenvalue weighted by molar-refractivity contribution is -0.167. The Hall–Kier alpha value is -3.15. The van der Waals surface area contributed by atoms with Gasteiger partial charge < -0.3 is 14.2 Å². The second-order valence-corrected chi connectivity index (χ2v) is 23.1. The zero-order valence-electron chi connectivity index (χ0n) is 52.6. The molecule has 0 amide bonds. The van der Waals surface area contributed by atoms with Gasteiger partial charge in [-0.1, -0.05) is 306 Å². The van der Waals surface area contributed by atoms with Gasteiger partial charge in [0.2, 0.25) is 0 Å². The summed E-state index contributed by atoms with van der Waals surface area (Å²) in [5.41, 5.74) is 0. The Bertz CT molecular complexity index is 1450. The van der Waals surface area contributed by atoms with E-state index in [1.54, 1.807) is 0 Å². The Morgan fingerprint density at radius 2 is 0.519 bits per heavy atom. The fourth-order valence-electron chi connectivity index (χ4n) is 10.0. The Balaban J connectivity index is 4.11. The highest BCUT2D eigenvalue weighted by atomic mass is 16.6. The van der Waals surface area contributed by atoms with E-state index in [2.05, 4.69) is 93.7 Å². The summed E-state index contributed by atoms with van der Waals surface area (Å²) in [6.07, 6.45) is 88.1. The first-order chi connectivity index (χ1) is 39.0. The predicted molar refractivity (Wildman–Crippen MR) is 344 cm³/mol. The lowest BCUT2D eigenvalue weighted by Gasteiger charge is -2.18. The SMILES string of the molecule is CC/C=C\C/C=C\C/C=C\CCCCCCCC(=O)OC(COC(=O)CCCCCCC/C=C\C/C=C\CCC)COC(=O)CCCCCCCCCCCCCCCCCCCCCCC/C=C\CCCCCCCCCC. The number of unbranched alkanes of at least 4 members (excludes halogenated alkanes) is 40. The molecule has 0 aliphatic carbocycles. The highest BCUT2D eigenvalue weighted by molar-refractivity contribution is 5.71. The minimum absolute atomic E-state index is 0.0845.